The Hall–Kier alpha value is -1.44. The molecule has 2 fully saturated rings. The zero-order chi connectivity index (χ0) is 19.6. The third-order valence-electron chi connectivity index (χ3n) is 3.66. The van der Waals surface area contributed by atoms with Gasteiger partial charge in [-0.1, -0.05) is 13.3 Å². The predicted molar refractivity (Wildman–Crippen MR) is 102 cm³/mol. The first-order valence-electron chi connectivity index (χ1n) is 9.23. The Balaban J connectivity index is 0.000000308. The van der Waals surface area contributed by atoms with Gasteiger partial charge in [0.1, 0.15) is 5.60 Å². The molecule has 8 heteroatoms. The van der Waals surface area contributed by atoms with Gasteiger partial charge in [0.25, 0.3) is 0 Å². The second-order valence-electron chi connectivity index (χ2n) is 7.38. The summed E-state index contributed by atoms with van der Waals surface area (Å²) < 4.78 is 10.1. The average molecular weight is 389 g/mol. The first-order valence-corrected chi connectivity index (χ1v) is 10.4. The quantitative estimate of drug-likeness (QED) is 0.396. The molecule has 2 N–H and O–H groups in total. The summed E-state index contributed by atoms with van der Waals surface area (Å²) in [6.45, 7) is 7.80. The van der Waals surface area contributed by atoms with Crippen molar-refractivity contribution < 1.29 is 23.9 Å². The molecule has 0 aromatic heterocycles. The zero-order valence-corrected chi connectivity index (χ0v) is 17.1. The van der Waals surface area contributed by atoms with E-state index in [9.17, 15) is 14.4 Å². The predicted octanol–water partition coefficient (Wildman–Crippen LogP) is 2.62. The molecule has 2 atom stereocenters. The van der Waals surface area contributed by atoms with Crippen molar-refractivity contribution in [2.24, 2.45) is 0 Å². The summed E-state index contributed by atoms with van der Waals surface area (Å²) in [6.07, 6.45) is 3.10. The number of hydrogen-bond acceptors (Lipinski definition) is 6. The largest absolute Gasteiger partial charge is 0.466 e. The molecule has 2 saturated heterocycles. The van der Waals surface area contributed by atoms with E-state index in [1.807, 2.05) is 39.5 Å². The van der Waals surface area contributed by atoms with Crippen LogP contribution in [0.1, 0.15) is 59.8 Å². The minimum Gasteiger partial charge on any atom is -0.466 e. The molecule has 2 heterocycles. The number of carbonyl (C=O) groups excluding carboxylic acids is 3. The Morgan fingerprint density at radius 2 is 1.65 bits per heavy atom. The number of nitrogens with one attached hydrogen (secondary N) is 2. The van der Waals surface area contributed by atoms with E-state index in [1.165, 1.54) is 0 Å². The molecule has 0 spiro atoms. The van der Waals surface area contributed by atoms with E-state index < -0.39 is 5.60 Å². The first kappa shape index (κ1) is 22.6. The number of rotatable bonds is 7. The highest BCUT2D eigenvalue weighted by Gasteiger charge is 2.35. The molecule has 26 heavy (non-hydrogen) atoms. The number of ether oxygens (including phenoxy) is 2. The molecule has 2 unspecified atom stereocenters. The number of thioether (sulfide) groups is 1. The van der Waals surface area contributed by atoms with Crippen molar-refractivity contribution in [2.75, 3.05) is 18.1 Å². The van der Waals surface area contributed by atoms with Gasteiger partial charge in [0.2, 0.25) is 0 Å². The normalized spacial score (nSPS) is 21.0. The third-order valence-corrected chi connectivity index (χ3v) is 4.85. The van der Waals surface area contributed by atoms with Crippen LogP contribution in [0.5, 0.6) is 0 Å². The molecule has 0 saturated carbocycles. The van der Waals surface area contributed by atoms with Gasteiger partial charge in [-0.15, -0.1) is 0 Å². The molecule has 0 aromatic carbocycles. The molecule has 7 nitrogen and oxygen atoms in total. The van der Waals surface area contributed by atoms with Crippen molar-refractivity contribution in [1.29, 1.82) is 0 Å². The molecule has 2 aliphatic heterocycles. The van der Waals surface area contributed by atoms with Gasteiger partial charge in [-0.05, 0) is 33.6 Å². The maximum absolute atomic E-state index is 11.3. The maximum atomic E-state index is 11.3. The fraction of sp³-hybridized carbons (Fsp3) is 0.833. The molecule has 2 rings (SSSR count). The molecule has 0 radical (unpaired) electrons. The highest BCUT2D eigenvalue weighted by atomic mass is 32.2. The zero-order valence-electron chi connectivity index (χ0n) is 16.3. The average Bonchev–Trinajstić information content (AvgIpc) is 3.09. The van der Waals surface area contributed by atoms with Gasteiger partial charge in [-0.2, -0.15) is 11.8 Å². The minimum absolute atomic E-state index is 0.00491. The molecule has 2 aliphatic rings. The molecule has 0 aliphatic carbocycles. The third kappa shape index (κ3) is 9.89. The van der Waals surface area contributed by atoms with Crippen LogP contribution in [0.15, 0.2) is 0 Å². The van der Waals surface area contributed by atoms with E-state index in [2.05, 4.69) is 10.6 Å². The molecule has 150 valence electrons. The monoisotopic (exact) mass is 388 g/mol. The summed E-state index contributed by atoms with van der Waals surface area (Å²) in [5, 5.41) is 5.69. The van der Waals surface area contributed by atoms with Crippen molar-refractivity contribution in [1.82, 2.24) is 10.6 Å². The van der Waals surface area contributed by atoms with E-state index in [-0.39, 0.29) is 18.0 Å². The Labute approximate surface area is 160 Å². The summed E-state index contributed by atoms with van der Waals surface area (Å²) in [7, 11) is 0. The smallest absolute Gasteiger partial charge is 0.315 e. The van der Waals surface area contributed by atoms with Gasteiger partial charge in [0, 0.05) is 24.3 Å². The molecule has 2 amide bonds. The summed E-state index contributed by atoms with van der Waals surface area (Å²) in [5.74, 6) is 1.71. The number of hydrogen-bond donors (Lipinski definition) is 2. The van der Waals surface area contributed by atoms with Crippen molar-refractivity contribution in [3.63, 3.8) is 0 Å². The van der Waals surface area contributed by atoms with Gasteiger partial charge in [-0.25, -0.2) is 4.79 Å². The Morgan fingerprint density at radius 3 is 2.19 bits per heavy atom. The Kier molecular flexibility index (Phi) is 9.83. The van der Waals surface area contributed by atoms with Gasteiger partial charge < -0.3 is 20.1 Å². The lowest BCUT2D eigenvalue weighted by atomic mass is 10.2. The van der Waals surface area contributed by atoms with Crippen LogP contribution in [0, 0.1) is 0 Å². The number of fused-ring (bicyclic) bond motifs is 1. The Morgan fingerprint density at radius 1 is 1.08 bits per heavy atom. The number of amides is 2. The van der Waals surface area contributed by atoms with Crippen LogP contribution in [0.2, 0.25) is 0 Å². The number of unbranched alkanes of at least 4 members (excludes halogenated alkanes) is 1. The highest BCUT2D eigenvalue weighted by Crippen LogP contribution is 2.20. The summed E-state index contributed by atoms with van der Waals surface area (Å²) in [4.78, 5) is 33.1. The number of urea groups is 1. The van der Waals surface area contributed by atoms with Crippen LogP contribution in [0.25, 0.3) is 0 Å². The highest BCUT2D eigenvalue weighted by molar-refractivity contribution is 7.99. The molecular formula is C18H32N2O5S. The molecular weight excluding hydrogens is 356 g/mol. The number of esters is 2. The lowest BCUT2D eigenvalue weighted by molar-refractivity contribution is -0.156. The number of carbonyl (C=O) groups is 3. The first-order chi connectivity index (χ1) is 12.2. The summed E-state index contributed by atoms with van der Waals surface area (Å²) in [6, 6.07) is 0.815. The van der Waals surface area contributed by atoms with Crippen molar-refractivity contribution in [2.45, 2.75) is 77.5 Å². The summed E-state index contributed by atoms with van der Waals surface area (Å²) >= 11 is 1.89. The minimum atomic E-state index is -0.450. The SMILES string of the molecule is CCCCC(=O)OCCCC(=O)OC(C)(C)C.O=C1NC2CSCC2N1. The van der Waals surface area contributed by atoms with E-state index in [4.69, 9.17) is 9.47 Å². The Bertz CT molecular complexity index is 465. The van der Waals surface area contributed by atoms with Gasteiger partial charge in [0.15, 0.2) is 0 Å². The van der Waals surface area contributed by atoms with Gasteiger partial charge >= 0.3 is 18.0 Å². The topological polar surface area (TPSA) is 93.7 Å². The summed E-state index contributed by atoms with van der Waals surface area (Å²) in [5.41, 5.74) is -0.450. The van der Waals surface area contributed by atoms with Gasteiger partial charge in [0.05, 0.1) is 18.7 Å². The molecule has 0 bridgehead atoms. The van der Waals surface area contributed by atoms with Crippen LogP contribution in [-0.4, -0.2) is 53.8 Å². The van der Waals surface area contributed by atoms with E-state index in [1.54, 1.807) is 0 Å². The van der Waals surface area contributed by atoms with E-state index in [0.29, 0.717) is 38.0 Å². The van der Waals surface area contributed by atoms with E-state index >= 15 is 0 Å². The van der Waals surface area contributed by atoms with Crippen molar-refractivity contribution >= 4 is 29.7 Å². The lowest BCUT2D eigenvalue weighted by Crippen LogP contribution is -2.31. The van der Waals surface area contributed by atoms with Crippen LogP contribution in [0.4, 0.5) is 4.79 Å². The fourth-order valence-electron chi connectivity index (χ4n) is 2.41. The van der Waals surface area contributed by atoms with Crippen LogP contribution < -0.4 is 10.6 Å². The van der Waals surface area contributed by atoms with Crippen molar-refractivity contribution in [3.05, 3.63) is 0 Å². The maximum Gasteiger partial charge on any atom is 0.315 e. The van der Waals surface area contributed by atoms with E-state index in [0.717, 1.165) is 24.3 Å². The van der Waals surface area contributed by atoms with Crippen LogP contribution >= 0.6 is 11.8 Å². The fourth-order valence-corrected chi connectivity index (χ4v) is 3.68. The molecule has 0 aromatic rings. The second-order valence-corrected chi connectivity index (χ2v) is 8.46. The van der Waals surface area contributed by atoms with Gasteiger partial charge in [-0.3, -0.25) is 9.59 Å². The van der Waals surface area contributed by atoms with Crippen LogP contribution in [-0.2, 0) is 19.1 Å². The van der Waals surface area contributed by atoms with Crippen LogP contribution in [0.3, 0.4) is 0 Å². The standard InChI is InChI=1S/C13H24O4.C5H8N2OS/c1-5-6-8-11(14)16-10-7-9-12(15)17-13(2,3)4;8-5-6-3-1-9-2-4(3)7-5/h5-10H2,1-4H3;3-4H,1-2H2,(H2,6,7,8). The second kappa shape index (κ2) is 11.3. The van der Waals surface area contributed by atoms with Crippen molar-refractivity contribution in [3.8, 4) is 0 Å². The lowest BCUT2D eigenvalue weighted by Gasteiger charge is -2.19.